The number of ketones is 2. The zero-order valence-electron chi connectivity index (χ0n) is 19.7. The molecule has 1 fully saturated rings. The van der Waals surface area contributed by atoms with Gasteiger partial charge in [-0.25, -0.2) is 4.39 Å². The molecule has 0 radical (unpaired) electrons. The summed E-state index contributed by atoms with van der Waals surface area (Å²) in [5, 5.41) is 2.94. The van der Waals surface area contributed by atoms with Gasteiger partial charge in [-0.15, -0.1) is 0 Å². The lowest BCUT2D eigenvalue weighted by Crippen LogP contribution is -2.51. The van der Waals surface area contributed by atoms with Crippen LogP contribution in [0.1, 0.15) is 28.4 Å². The Balaban J connectivity index is 1.66. The number of halogens is 1. The predicted octanol–water partition coefficient (Wildman–Crippen LogP) is 4.40. The molecule has 1 spiro atoms. The molecule has 3 aromatic carbocycles. The van der Waals surface area contributed by atoms with E-state index in [4.69, 9.17) is 4.74 Å². The lowest BCUT2D eigenvalue weighted by atomic mass is 9.64. The quantitative estimate of drug-likeness (QED) is 0.558. The Morgan fingerprint density at radius 2 is 1.81 bits per heavy atom. The van der Waals surface area contributed by atoms with Crippen molar-refractivity contribution < 1.29 is 23.5 Å². The standard InChI is InChI=1S/C29H23FN2O4/c1-16(33)26-25(27(34)19-7-3-5-9-21(19)30)29(20-8-4-6-10-22(20)31-28(29)35)24-14-11-17-15-18(36-2)12-13-23(17)32(24)26/h3-15,24-26H,1-2H3,(H,31,35)/t24-,25-,26+,29+/m1/s1. The summed E-state index contributed by atoms with van der Waals surface area (Å²) in [4.78, 5) is 43.4. The number of hydrogen-bond acceptors (Lipinski definition) is 5. The third kappa shape index (κ3) is 2.80. The van der Waals surface area contributed by atoms with Gasteiger partial charge in [0.1, 0.15) is 17.0 Å². The Bertz CT molecular complexity index is 1480. The number of carbonyl (C=O) groups is 3. The highest BCUT2D eigenvalue weighted by Gasteiger charge is 2.70. The topological polar surface area (TPSA) is 75.7 Å². The number of ether oxygens (including phenoxy) is 1. The summed E-state index contributed by atoms with van der Waals surface area (Å²) in [5.41, 5.74) is 1.17. The highest BCUT2D eigenvalue weighted by molar-refractivity contribution is 6.16. The van der Waals surface area contributed by atoms with Gasteiger partial charge in [0.25, 0.3) is 0 Å². The molecule has 3 aromatic rings. The van der Waals surface area contributed by atoms with Gasteiger partial charge in [-0.3, -0.25) is 14.4 Å². The van der Waals surface area contributed by atoms with E-state index in [-0.39, 0.29) is 17.3 Å². The summed E-state index contributed by atoms with van der Waals surface area (Å²) in [5.74, 6) is -2.42. The first kappa shape index (κ1) is 22.2. The van der Waals surface area contributed by atoms with E-state index in [0.29, 0.717) is 22.7 Å². The number of nitrogens with one attached hydrogen (secondary N) is 1. The number of para-hydroxylation sites is 1. The van der Waals surface area contributed by atoms with E-state index in [1.54, 1.807) is 31.4 Å². The third-order valence-electron chi connectivity index (χ3n) is 7.68. The number of benzene rings is 3. The van der Waals surface area contributed by atoms with Crippen LogP contribution in [0, 0.1) is 11.7 Å². The zero-order chi connectivity index (χ0) is 25.2. The van der Waals surface area contributed by atoms with E-state index in [1.165, 1.54) is 25.1 Å². The monoisotopic (exact) mass is 482 g/mol. The van der Waals surface area contributed by atoms with Gasteiger partial charge in [0, 0.05) is 16.9 Å². The van der Waals surface area contributed by atoms with Gasteiger partial charge >= 0.3 is 0 Å². The van der Waals surface area contributed by atoms with Gasteiger partial charge in [0.05, 0.1) is 30.7 Å². The molecule has 0 bridgehead atoms. The van der Waals surface area contributed by atoms with Gasteiger partial charge in [-0.1, -0.05) is 42.5 Å². The van der Waals surface area contributed by atoms with Gasteiger partial charge < -0.3 is 15.0 Å². The Morgan fingerprint density at radius 1 is 1.06 bits per heavy atom. The normalized spacial score (nSPS) is 25.2. The number of hydrogen-bond donors (Lipinski definition) is 1. The SMILES string of the molecule is COc1ccc2c(c1)C=C[C@H]1N2[C@@H](C(C)=O)[C@H](C(=O)c2ccccc2F)[C@@]12C(=O)Nc1ccccc12. The van der Waals surface area contributed by atoms with Gasteiger partial charge in [-0.05, 0) is 48.9 Å². The summed E-state index contributed by atoms with van der Waals surface area (Å²) in [6, 6.07) is 16.8. The Labute approximate surface area is 207 Å². The van der Waals surface area contributed by atoms with E-state index in [9.17, 15) is 18.8 Å². The van der Waals surface area contributed by atoms with Crippen LogP contribution in [0.4, 0.5) is 15.8 Å². The number of methoxy groups -OCH3 is 1. The first-order valence-electron chi connectivity index (χ1n) is 11.7. The molecule has 0 unspecified atom stereocenters. The first-order chi connectivity index (χ1) is 17.4. The van der Waals surface area contributed by atoms with Crippen molar-refractivity contribution in [2.24, 2.45) is 5.92 Å². The minimum atomic E-state index is -1.43. The molecule has 3 aliphatic rings. The molecule has 1 amide bonds. The van der Waals surface area contributed by atoms with E-state index >= 15 is 0 Å². The van der Waals surface area contributed by atoms with Crippen LogP contribution < -0.4 is 15.0 Å². The molecular formula is C29H23FN2O4. The lowest BCUT2D eigenvalue weighted by Gasteiger charge is -2.37. The number of amides is 1. The second-order valence-corrected chi connectivity index (χ2v) is 9.38. The van der Waals surface area contributed by atoms with Crippen LogP contribution in [0.3, 0.4) is 0 Å². The maximum absolute atomic E-state index is 14.9. The van der Waals surface area contributed by atoms with E-state index in [0.717, 1.165) is 5.56 Å². The van der Waals surface area contributed by atoms with Crippen molar-refractivity contribution in [1.82, 2.24) is 0 Å². The van der Waals surface area contributed by atoms with Crippen LogP contribution in [0.15, 0.2) is 72.8 Å². The van der Waals surface area contributed by atoms with Crippen molar-refractivity contribution in [1.29, 1.82) is 0 Å². The Hall–Kier alpha value is -4.26. The highest BCUT2D eigenvalue weighted by Crippen LogP contribution is 2.58. The summed E-state index contributed by atoms with van der Waals surface area (Å²) < 4.78 is 20.3. The molecule has 6 rings (SSSR count). The van der Waals surface area contributed by atoms with Crippen LogP contribution in [-0.2, 0) is 15.0 Å². The molecule has 0 saturated carbocycles. The van der Waals surface area contributed by atoms with Gasteiger partial charge in [-0.2, -0.15) is 0 Å². The van der Waals surface area contributed by atoms with Crippen molar-refractivity contribution >= 4 is 34.9 Å². The molecule has 6 nitrogen and oxygen atoms in total. The number of fused-ring (bicyclic) bond motifs is 6. The fraction of sp³-hybridized carbons (Fsp3) is 0.207. The molecule has 3 aliphatic heterocycles. The second-order valence-electron chi connectivity index (χ2n) is 9.38. The van der Waals surface area contributed by atoms with Crippen molar-refractivity contribution in [2.45, 2.75) is 24.4 Å². The number of rotatable bonds is 4. The summed E-state index contributed by atoms with van der Waals surface area (Å²) in [6.07, 6.45) is 3.76. The number of carbonyl (C=O) groups excluding carboxylic acids is 3. The summed E-state index contributed by atoms with van der Waals surface area (Å²) in [6.45, 7) is 1.42. The highest BCUT2D eigenvalue weighted by atomic mass is 19.1. The van der Waals surface area contributed by atoms with Crippen LogP contribution in [0.25, 0.3) is 6.08 Å². The van der Waals surface area contributed by atoms with E-state index in [2.05, 4.69) is 5.32 Å². The van der Waals surface area contributed by atoms with E-state index < -0.39 is 35.0 Å². The molecule has 0 aromatic heterocycles. The molecule has 0 aliphatic carbocycles. The maximum Gasteiger partial charge on any atom is 0.238 e. The summed E-state index contributed by atoms with van der Waals surface area (Å²) in [7, 11) is 1.57. The van der Waals surface area contributed by atoms with E-state index in [1.807, 2.05) is 41.3 Å². The molecule has 1 N–H and O–H groups in total. The lowest BCUT2D eigenvalue weighted by molar-refractivity contribution is -0.122. The fourth-order valence-electron chi connectivity index (χ4n) is 6.27. The summed E-state index contributed by atoms with van der Waals surface area (Å²) >= 11 is 0. The zero-order valence-corrected chi connectivity index (χ0v) is 19.7. The maximum atomic E-state index is 14.9. The predicted molar refractivity (Wildman–Crippen MR) is 134 cm³/mol. The smallest absolute Gasteiger partial charge is 0.238 e. The molecule has 36 heavy (non-hydrogen) atoms. The number of nitrogens with zero attached hydrogens (tertiary/aromatic N) is 1. The molecule has 7 heteroatoms. The minimum absolute atomic E-state index is 0.135. The van der Waals surface area contributed by atoms with Crippen LogP contribution in [-0.4, -0.2) is 36.7 Å². The third-order valence-corrected chi connectivity index (χ3v) is 7.68. The number of Topliss-reactive ketones (excluding diaryl/α,β-unsaturated/α-hetero) is 2. The van der Waals surface area contributed by atoms with Crippen LogP contribution in [0.5, 0.6) is 5.75 Å². The van der Waals surface area contributed by atoms with Crippen LogP contribution in [0.2, 0.25) is 0 Å². The minimum Gasteiger partial charge on any atom is -0.497 e. The average molecular weight is 483 g/mol. The molecule has 4 atom stereocenters. The average Bonchev–Trinajstić information content (AvgIpc) is 3.36. The van der Waals surface area contributed by atoms with Crippen LogP contribution >= 0.6 is 0 Å². The number of anilines is 2. The largest absolute Gasteiger partial charge is 0.497 e. The van der Waals surface area contributed by atoms with Crippen molar-refractivity contribution in [3.05, 3.63) is 95.3 Å². The molecular weight excluding hydrogens is 459 g/mol. The molecule has 180 valence electrons. The Kier molecular flexibility index (Phi) is 4.86. The fourth-order valence-corrected chi connectivity index (χ4v) is 6.27. The second kappa shape index (κ2) is 7.88. The van der Waals surface area contributed by atoms with Crippen molar-refractivity contribution in [3.63, 3.8) is 0 Å². The van der Waals surface area contributed by atoms with Gasteiger partial charge in [0.15, 0.2) is 11.6 Å². The van der Waals surface area contributed by atoms with Crippen molar-refractivity contribution in [2.75, 3.05) is 17.3 Å². The van der Waals surface area contributed by atoms with Gasteiger partial charge in [0.2, 0.25) is 5.91 Å². The van der Waals surface area contributed by atoms with Crippen molar-refractivity contribution in [3.8, 4) is 5.75 Å². The first-order valence-corrected chi connectivity index (χ1v) is 11.7. The molecule has 3 heterocycles. The molecule has 1 saturated heterocycles. The Morgan fingerprint density at radius 3 is 2.56 bits per heavy atom.